The van der Waals surface area contributed by atoms with E-state index in [-0.39, 0.29) is 0 Å². The van der Waals surface area contributed by atoms with Gasteiger partial charge in [-0.25, -0.2) is 0 Å². The third kappa shape index (κ3) is 2.46. The highest BCUT2D eigenvalue weighted by Gasteiger charge is 2.03. The molecule has 0 fully saturated rings. The highest BCUT2D eigenvalue weighted by molar-refractivity contribution is 7.15. The summed E-state index contributed by atoms with van der Waals surface area (Å²) in [5.41, 5.74) is 1.20. The van der Waals surface area contributed by atoms with Crippen LogP contribution in [0.3, 0.4) is 0 Å². The number of nitrogens with zero attached hydrogens (tertiary/aromatic N) is 2. The zero-order chi connectivity index (χ0) is 10.7. The Morgan fingerprint density at radius 2 is 2.33 bits per heavy atom. The smallest absolute Gasteiger partial charge is 0.0576 e. The summed E-state index contributed by atoms with van der Waals surface area (Å²) < 4.78 is 1.83. The predicted octanol–water partition coefficient (Wildman–Crippen LogP) is 2.26. The minimum absolute atomic E-state index is 0.960. The van der Waals surface area contributed by atoms with Crippen LogP contribution in [-0.2, 0) is 13.6 Å². The van der Waals surface area contributed by atoms with Crippen LogP contribution in [-0.4, -0.2) is 16.3 Å². The molecule has 0 bridgehead atoms. The van der Waals surface area contributed by atoms with Gasteiger partial charge in [0.25, 0.3) is 0 Å². The van der Waals surface area contributed by atoms with Gasteiger partial charge in [0, 0.05) is 35.1 Å². The van der Waals surface area contributed by atoms with Gasteiger partial charge in [-0.2, -0.15) is 5.10 Å². The van der Waals surface area contributed by atoms with E-state index in [1.807, 2.05) is 35.5 Å². The predicted molar refractivity (Wildman–Crippen MR) is 63.9 cm³/mol. The van der Waals surface area contributed by atoms with Crippen molar-refractivity contribution in [3.63, 3.8) is 0 Å². The molecule has 2 aromatic heterocycles. The van der Waals surface area contributed by atoms with Crippen molar-refractivity contribution in [1.82, 2.24) is 15.1 Å². The Balaban J connectivity index is 2.13. The Bertz CT molecular complexity index is 430. The number of thiophene rings is 1. The summed E-state index contributed by atoms with van der Waals surface area (Å²) in [4.78, 5) is 2.66. The van der Waals surface area contributed by atoms with E-state index in [9.17, 15) is 0 Å². The van der Waals surface area contributed by atoms with E-state index < -0.39 is 0 Å². The first kappa shape index (κ1) is 10.4. The molecule has 0 spiro atoms. The first-order chi connectivity index (χ1) is 7.29. The van der Waals surface area contributed by atoms with Crippen molar-refractivity contribution in [2.75, 3.05) is 6.54 Å². The van der Waals surface area contributed by atoms with Crippen molar-refractivity contribution in [2.24, 2.45) is 7.05 Å². The summed E-state index contributed by atoms with van der Waals surface area (Å²) in [5, 5.41) is 7.50. The van der Waals surface area contributed by atoms with Gasteiger partial charge in [0.2, 0.25) is 0 Å². The molecular weight excluding hydrogens is 206 g/mol. The molecule has 0 amide bonds. The van der Waals surface area contributed by atoms with E-state index in [2.05, 4.69) is 29.5 Å². The van der Waals surface area contributed by atoms with Crippen LogP contribution in [0.25, 0.3) is 10.4 Å². The lowest BCUT2D eigenvalue weighted by Crippen LogP contribution is -2.10. The Morgan fingerprint density at radius 1 is 1.47 bits per heavy atom. The third-order valence-corrected chi connectivity index (χ3v) is 3.33. The van der Waals surface area contributed by atoms with Crippen LogP contribution in [0, 0.1) is 0 Å². The molecular formula is C11H15N3S. The number of hydrogen-bond acceptors (Lipinski definition) is 3. The molecule has 0 aliphatic carbocycles. The topological polar surface area (TPSA) is 29.9 Å². The average molecular weight is 221 g/mol. The van der Waals surface area contributed by atoms with Gasteiger partial charge >= 0.3 is 0 Å². The molecule has 80 valence electrons. The molecule has 1 N–H and O–H groups in total. The van der Waals surface area contributed by atoms with Crippen molar-refractivity contribution in [3.8, 4) is 10.4 Å². The van der Waals surface area contributed by atoms with Crippen LogP contribution in [0.2, 0.25) is 0 Å². The average Bonchev–Trinajstić information content (AvgIpc) is 2.83. The summed E-state index contributed by atoms with van der Waals surface area (Å²) in [6.45, 7) is 4.09. The maximum absolute atomic E-state index is 4.17. The quantitative estimate of drug-likeness (QED) is 0.858. The van der Waals surface area contributed by atoms with E-state index in [1.165, 1.54) is 15.3 Å². The molecule has 0 saturated heterocycles. The van der Waals surface area contributed by atoms with Crippen molar-refractivity contribution in [2.45, 2.75) is 13.5 Å². The Morgan fingerprint density at radius 3 is 3.00 bits per heavy atom. The molecule has 2 rings (SSSR count). The van der Waals surface area contributed by atoms with Crippen molar-refractivity contribution < 1.29 is 0 Å². The van der Waals surface area contributed by atoms with Crippen LogP contribution >= 0.6 is 11.3 Å². The van der Waals surface area contributed by atoms with Crippen molar-refractivity contribution >= 4 is 11.3 Å². The minimum atomic E-state index is 0.960. The molecule has 0 atom stereocenters. The van der Waals surface area contributed by atoms with Gasteiger partial charge < -0.3 is 5.32 Å². The van der Waals surface area contributed by atoms with Crippen LogP contribution in [0.5, 0.6) is 0 Å². The van der Waals surface area contributed by atoms with Crippen molar-refractivity contribution in [1.29, 1.82) is 0 Å². The molecule has 4 heteroatoms. The lowest BCUT2D eigenvalue weighted by atomic mass is 10.3. The standard InChI is InChI=1S/C11H15N3S/c1-3-12-7-10-4-5-11(15-10)9-6-13-14(2)8-9/h4-6,8,12H,3,7H2,1-2H3. The fourth-order valence-corrected chi connectivity index (χ4v) is 2.38. The van der Waals surface area contributed by atoms with Gasteiger partial charge in [-0.3, -0.25) is 4.68 Å². The van der Waals surface area contributed by atoms with Gasteiger partial charge in [0.15, 0.2) is 0 Å². The monoisotopic (exact) mass is 221 g/mol. The van der Waals surface area contributed by atoms with Crippen LogP contribution in [0.1, 0.15) is 11.8 Å². The van der Waals surface area contributed by atoms with E-state index in [4.69, 9.17) is 0 Å². The fraction of sp³-hybridized carbons (Fsp3) is 0.364. The summed E-state index contributed by atoms with van der Waals surface area (Å²) in [7, 11) is 1.94. The second kappa shape index (κ2) is 4.59. The second-order valence-electron chi connectivity index (χ2n) is 3.45. The molecule has 2 aromatic rings. The number of aromatic nitrogens is 2. The van der Waals surface area contributed by atoms with Gasteiger partial charge in [-0.1, -0.05) is 6.92 Å². The number of rotatable bonds is 4. The third-order valence-electron chi connectivity index (χ3n) is 2.20. The molecule has 15 heavy (non-hydrogen) atoms. The van der Waals surface area contributed by atoms with Gasteiger partial charge in [0.1, 0.15) is 0 Å². The van der Waals surface area contributed by atoms with Crippen LogP contribution < -0.4 is 5.32 Å². The zero-order valence-corrected chi connectivity index (χ0v) is 9.84. The molecule has 0 radical (unpaired) electrons. The largest absolute Gasteiger partial charge is 0.312 e. The molecule has 3 nitrogen and oxygen atoms in total. The summed E-state index contributed by atoms with van der Waals surface area (Å²) in [6, 6.07) is 4.34. The zero-order valence-electron chi connectivity index (χ0n) is 9.03. The summed E-state index contributed by atoms with van der Waals surface area (Å²) >= 11 is 1.82. The van der Waals surface area contributed by atoms with E-state index >= 15 is 0 Å². The molecule has 0 aliphatic heterocycles. The molecule has 2 heterocycles. The SMILES string of the molecule is CCNCc1ccc(-c2cnn(C)c2)s1. The second-order valence-corrected chi connectivity index (χ2v) is 4.62. The molecule has 0 aliphatic rings. The number of aryl methyl sites for hydroxylation is 1. The Labute approximate surface area is 93.7 Å². The lowest BCUT2D eigenvalue weighted by Gasteiger charge is -1.95. The molecule has 0 saturated carbocycles. The van der Waals surface area contributed by atoms with Crippen LogP contribution in [0.4, 0.5) is 0 Å². The highest BCUT2D eigenvalue weighted by Crippen LogP contribution is 2.27. The highest BCUT2D eigenvalue weighted by atomic mass is 32.1. The van der Waals surface area contributed by atoms with E-state index in [0.717, 1.165) is 13.1 Å². The summed E-state index contributed by atoms with van der Waals surface area (Å²) in [5.74, 6) is 0. The normalized spacial score (nSPS) is 10.8. The van der Waals surface area contributed by atoms with Crippen LogP contribution in [0.15, 0.2) is 24.5 Å². The summed E-state index contributed by atoms with van der Waals surface area (Å²) in [6.07, 6.45) is 3.95. The van der Waals surface area contributed by atoms with Gasteiger partial charge in [-0.05, 0) is 18.7 Å². The van der Waals surface area contributed by atoms with Gasteiger partial charge in [0.05, 0.1) is 6.20 Å². The fourth-order valence-electron chi connectivity index (χ4n) is 1.42. The molecule has 0 aromatic carbocycles. The maximum Gasteiger partial charge on any atom is 0.0576 e. The molecule has 0 unspecified atom stereocenters. The van der Waals surface area contributed by atoms with E-state index in [1.54, 1.807) is 0 Å². The number of hydrogen-bond donors (Lipinski definition) is 1. The Kier molecular flexibility index (Phi) is 3.18. The van der Waals surface area contributed by atoms with Crippen molar-refractivity contribution in [3.05, 3.63) is 29.4 Å². The van der Waals surface area contributed by atoms with E-state index in [0.29, 0.717) is 0 Å². The number of nitrogens with one attached hydrogen (secondary N) is 1. The lowest BCUT2D eigenvalue weighted by molar-refractivity contribution is 0.735. The Hall–Kier alpha value is -1.13. The minimum Gasteiger partial charge on any atom is -0.312 e. The first-order valence-electron chi connectivity index (χ1n) is 5.08. The first-order valence-corrected chi connectivity index (χ1v) is 5.89. The maximum atomic E-state index is 4.17. The van der Waals surface area contributed by atoms with Gasteiger partial charge in [-0.15, -0.1) is 11.3 Å².